The predicted octanol–water partition coefficient (Wildman–Crippen LogP) is 3.21. The van der Waals surface area contributed by atoms with Gasteiger partial charge in [0.2, 0.25) is 0 Å². The van der Waals surface area contributed by atoms with Crippen LogP contribution in [0.5, 0.6) is 5.75 Å². The van der Waals surface area contributed by atoms with Crippen LogP contribution in [0.2, 0.25) is 0 Å². The zero-order chi connectivity index (χ0) is 10.7. The molecule has 1 aromatic carbocycles. The third-order valence-electron chi connectivity index (χ3n) is 1.46. The summed E-state index contributed by atoms with van der Waals surface area (Å²) in [5.74, 6) is -3.44. The van der Waals surface area contributed by atoms with Crippen molar-refractivity contribution in [3.05, 3.63) is 35.9 Å². The van der Waals surface area contributed by atoms with Gasteiger partial charge in [-0.05, 0) is 17.7 Å². The molecule has 0 fully saturated rings. The second-order valence-corrected chi connectivity index (χ2v) is 2.40. The Balaban J connectivity index is 3.11. The maximum absolute atomic E-state index is 12.9. The lowest BCUT2D eigenvalue weighted by atomic mass is 10.2. The smallest absolute Gasteiger partial charge is 0.387 e. The lowest BCUT2D eigenvalue weighted by molar-refractivity contribution is -0.0546. The monoisotopic (exact) mass is 206 g/mol. The molecule has 0 amide bonds. The molecule has 1 rings (SSSR count). The summed E-state index contributed by atoms with van der Waals surface area (Å²) in [7, 11) is 0. The normalized spacial score (nSPS) is 10.4. The number of benzene rings is 1. The van der Waals surface area contributed by atoms with Crippen molar-refractivity contribution in [3.8, 4) is 5.75 Å². The van der Waals surface area contributed by atoms with E-state index < -0.39 is 24.0 Å². The standard InChI is InChI=1S/C9H6F4O/c1-2-5-3-6(10)8(7(11)4-5)14-9(12)13/h2-4,9H,1H2. The molecule has 14 heavy (non-hydrogen) atoms. The first kappa shape index (κ1) is 10.6. The van der Waals surface area contributed by atoms with Crippen molar-refractivity contribution in [2.45, 2.75) is 6.61 Å². The Hall–Kier alpha value is -1.52. The third-order valence-corrected chi connectivity index (χ3v) is 1.46. The zero-order valence-corrected chi connectivity index (χ0v) is 6.94. The molecule has 0 aliphatic rings. The highest BCUT2D eigenvalue weighted by Crippen LogP contribution is 2.25. The van der Waals surface area contributed by atoms with Crippen molar-refractivity contribution in [1.82, 2.24) is 0 Å². The lowest BCUT2D eigenvalue weighted by Crippen LogP contribution is -2.05. The summed E-state index contributed by atoms with van der Waals surface area (Å²) in [4.78, 5) is 0. The number of rotatable bonds is 3. The Kier molecular flexibility index (Phi) is 3.11. The van der Waals surface area contributed by atoms with Crippen LogP contribution in [-0.2, 0) is 0 Å². The first-order valence-electron chi connectivity index (χ1n) is 3.61. The summed E-state index contributed by atoms with van der Waals surface area (Å²) in [6.45, 7) is 0.0255. The van der Waals surface area contributed by atoms with Crippen LogP contribution in [-0.4, -0.2) is 6.61 Å². The Morgan fingerprint density at radius 3 is 2.07 bits per heavy atom. The molecule has 5 heteroatoms. The van der Waals surface area contributed by atoms with Gasteiger partial charge in [0.05, 0.1) is 0 Å². The summed E-state index contributed by atoms with van der Waals surface area (Å²) in [6, 6.07) is 1.71. The van der Waals surface area contributed by atoms with Crippen LogP contribution in [0.4, 0.5) is 17.6 Å². The van der Waals surface area contributed by atoms with E-state index in [0.29, 0.717) is 0 Å². The largest absolute Gasteiger partial charge is 0.429 e. The Labute approximate surface area is 77.6 Å². The minimum atomic E-state index is -3.26. The maximum Gasteiger partial charge on any atom is 0.387 e. The van der Waals surface area contributed by atoms with E-state index in [4.69, 9.17) is 0 Å². The van der Waals surface area contributed by atoms with Gasteiger partial charge in [-0.1, -0.05) is 12.7 Å². The maximum atomic E-state index is 12.9. The highest BCUT2D eigenvalue weighted by molar-refractivity contribution is 5.49. The molecular formula is C9H6F4O. The van der Waals surface area contributed by atoms with Gasteiger partial charge in [-0.25, -0.2) is 8.78 Å². The molecule has 0 spiro atoms. The Morgan fingerprint density at radius 1 is 1.21 bits per heavy atom. The van der Waals surface area contributed by atoms with Crippen LogP contribution in [0.15, 0.2) is 18.7 Å². The zero-order valence-electron chi connectivity index (χ0n) is 6.94. The molecule has 0 saturated carbocycles. The fraction of sp³-hybridized carbons (Fsp3) is 0.111. The number of hydrogen-bond acceptors (Lipinski definition) is 1. The van der Waals surface area contributed by atoms with E-state index in [1.165, 1.54) is 6.08 Å². The Bertz CT molecular complexity index is 326. The summed E-state index contributed by atoms with van der Waals surface area (Å²) in [6.07, 6.45) is 1.19. The Morgan fingerprint density at radius 2 is 1.71 bits per heavy atom. The average Bonchev–Trinajstić information content (AvgIpc) is 2.10. The summed E-state index contributed by atoms with van der Waals surface area (Å²) in [5.41, 5.74) is 0.154. The van der Waals surface area contributed by atoms with Crippen LogP contribution in [0, 0.1) is 11.6 Å². The first-order valence-corrected chi connectivity index (χ1v) is 3.61. The highest BCUT2D eigenvalue weighted by Gasteiger charge is 2.15. The molecule has 0 atom stereocenters. The van der Waals surface area contributed by atoms with Crippen molar-refractivity contribution < 1.29 is 22.3 Å². The fourth-order valence-electron chi connectivity index (χ4n) is 0.899. The van der Waals surface area contributed by atoms with Crippen LogP contribution in [0.3, 0.4) is 0 Å². The molecule has 76 valence electrons. The summed E-state index contributed by atoms with van der Waals surface area (Å²) < 4.78 is 52.9. The fourth-order valence-corrected chi connectivity index (χ4v) is 0.899. The van der Waals surface area contributed by atoms with Gasteiger partial charge < -0.3 is 4.74 Å². The molecule has 0 heterocycles. The number of alkyl halides is 2. The minimum absolute atomic E-state index is 0.154. The van der Waals surface area contributed by atoms with Crippen LogP contribution in [0.1, 0.15) is 5.56 Å². The molecule has 0 aromatic heterocycles. The molecule has 0 N–H and O–H groups in total. The SMILES string of the molecule is C=Cc1cc(F)c(OC(F)F)c(F)c1. The van der Waals surface area contributed by atoms with Crippen LogP contribution < -0.4 is 4.74 Å². The topological polar surface area (TPSA) is 9.23 Å². The summed E-state index contributed by atoms with van der Waals surface area (Å²) >= 11 is 0. The molecular weight excluding hydrogens is 200 g/mol. The van der Waals surface area contributed by atoms with Gasteiger partial charge in [0.1, 0.15) is 0 Å². The minimum Gasteiger partial charge on any atom is -0.429 e. The van der Waals surface area contributed by atoms with Gasteiger partial charge >= 0.3 is 6.61 Å². The van der Waals surface area contributed by atoms with E-state index in [1.54, 1.807) is 0 Å². The molecule has 1 nitrogen and oxygen atoms in total. The highest BCUT2D eigenvalue weighted by atomic mass is 19.3. The van der Waals surface area contributed by atoms with Crippen LogP contribution in [0.25, 0.3) is 6.08 Å². The van der Waals surface area contributed by atoms with Gasteiger partial charge in [-0.15, -0.1) is 0 Å². The quantitative estimate of drug-likeness (QED) is 0.690. The van der Waals surface area contributed by atoms with Gasteiger partial charge in [-0.3, -0.25) is 0 Å². The van der Waals surface area contributed by atoms with E-state index in [1.807, 2.05) is 0 Å². The van der Waals surface area contributed by atoms with Crippen LogP contribution >= 0.6 is 0 Å². The van der Waals surface area contributed by atoms with Crippen molar-refractivity contribution in [1.29, 1.82) is 0 Å². The number of halogens is 4. The average molecular weight is 206 g/mol. The van der Waals surface area contributed by atoms with Crippen molar-refractivity contribution >= 4 is 6.08 Å². The van der Waals surface area contributed by atoms with Gasteiger partial charge in [0.25, 0.3) is 0 Å². The number of hydrogen-bond donors (Lipinski definition) is 0. The van der Waals surface area contributed by atoms with E-state index in [9.17, 15) is 17.6 Å². The molecule has 0 aliphatic carbocycles. The molecule has 0 bridgehead atoms. The van der Waals surface area contributed by atoms with Crippen molar-refractivity contribution in [2.75, 3.05) is 0 Å². The molecule has 0 saturated heterocycles. The molecule has 0 radical (unpaired) electrons. The number of ether oxygens (including phenoxy) is 1. The second kappa shape index (κ2) is 4.13. The van der Waals surface area contributed by atoms with Gasteiger partial charge in [-0.2, -0.15) is 8.78 Å². The third kappa shape index (κ3) is 2.25. The second-order valence-electron chi connectivity index (χ2n) is 2.40. The van der Waals surface area contributed by atoms with Gasteiger partial charge in [0, 0.05) is 0 Å². The molecule has 0 unspecified atom stereocenters. The summed E-state index contributed by atoms with van der Waals surface area (Å²) in [5, 5.41) is 0. The van der Waals surface area contributed by atoms with E-state index in [0.717, 1.165) is 12.1 Å². The molecule has 1 aromatic rings. The van der Waals surface area contributed by atoms with E-state index >= 15 is 0 Å². The van der Waals surface area contributed by atoms with E-state index in [2.05, 4.69) is 11.3 Å². The lowest BCUT2D eigenvalue weighted by Gasteiger charge is -2.07. The van der Waals surface area contributed by atoms with Crippen molar-refractivity contribution in [3.63, 3.8) is 0 Å². The predicted molar refractivity (Wildman–Crippen MR) is 43.1 cm³/mol. The molecule has 0 aliphatic heterocycles. The first-order chi connectivity index (χ1) is 6.54. The van der Waals surface area contributed by atoms with E-state index in [-0.39, 0.29) is 5.56 Å². The van der Waals surface area contributed by atoms with Gasteiger partial charge in [0.15, 0.2) is 17.4 Å². The van der Waals surface area contributed by atoms with Crippen molar-refractivity contribution in [2.24, 2.45) is 0 Å².